The molecular formula is C20H16N2O2S. The van der Waals surface area contributed by atoms with Crippen molar-refractivity contribution in [1.82, 2.24) is 9.38 Å². The number of rotatable bonds is 4. The fourth-order valence-corrected chi connectivity index (χ4v) is 3.89. The number of carbonyl (C=O) groups is 1. The summed E-state index contributed by atoms with van der Waals surface area (Å²) in [6, 6.07) is 18.0. The van der Waals surface area contributed by atoms with Crippen LogP contribution in [-0.2, 0) is 11.2 Å². The summed E-state index contributed by atoms with van der Waals surface area (Å²) in [4.78, 5) is 17.0. The Balaban J connectivity index is 1.96. The van der Waals surface area contributed by atoms with E-state index in [1.807, 2.05) is 47.0 Å². The maximum Gasteiger partial charge on any atom is 0.309 e. The minimum atomic E-state index is -0.861. The number of carboxylic acids is 1. The van der Waals surface area contributed by atoms with Crippen molar-refractivity contribution in [3.63, 3.8) is 0 Å². The Labute approximate surface area is 149 Å². The van der Waals surface area contributed by atoms with Crippen LogP contribution < -0.4 is 0 Å². The smallest absolute Gasteiger partial charge is 0.309 e. The average molecular weight is 348 g/mol. The predicted octanol–water partition coefficient (Wildman–Crippen LogP) is 4.67. The largest absolute Gasteiger partial charge is 0.481 e. The van der Waals surface area contributed by atoms with Crippen molar-refractivity contribution >= 4 is 22.3 Å². The second-order valence-corrected chi connectivity index (χ2v) is 6.79. The van der Waals surface area contributed by atoms with Gasteiger partial charge in [0.2, 0.25) is 0 Å². The number of aryl methyl sites for hydroxylation is 1. The lowest BCUT2D eigenvalue weighted by Crippen LogP contribution is -2.05. The highest BCUT2D eigenvalue weighted by Crippen LogP contribution is 2.33. The number of aliphatic carboxylic acids is 1. The van der Waals surface area contributed by atoms with Crippen molar-refractivity contribution in [2.45, 2.75) is 13.3 Å². The van der Waals surface area contributed by atoms with E-state index in [1.165, 1.54) is 16.9 Å². The molecule has 0 aliphatic rings. The number of imidazole rings is 1. The van der Waals surface area contributed by atoms with E-state index in [0.29, 0.717) is 5.69 Å². The van der Waals surface area contributed by atoms with Gasteiger partial charge in [-0.25, -0.2) is 4.98 Å². The maximum atomic E-state index is 11.5. The highest BCUT2D eigenvalue weighted by atomic mass is 32.1. The molecule has 5 heteroatoms. The number of hydrogen-bond acceptors (Lipinski definition) is 3. The Bertz CT molecular complexity index is 1050. The van der Waals surface area contributed by atoms with Crippen LogP contribution in [0, 0.1) is 6.92 Å². The number of fused-ring (bicyclic) bond motifs is 1. The molecule has 4 nitrogen and oxygen atoms in total. The van der Waals surface area contributed by atoms with Gasteiger partial charge in [-0.15, -0.1) is 11.3 Å². The van der Waals surface area contributed by atoms with E-state index in [2.05, 4.69) is 24.3 Å². The molecule has 0 saturated heterocycles. The zero-order valence-corrected chi connectivity index (χ0v) is 14.5. The average Bonchev–Trinajstić information content (AvgIpc) is 3.17. The number of carboxylic acid groups (broad SMARTS) is 1. The minimum Gasteiger partial charge on any atom is -0.481 e. The standard InChI is InChI=1S/C20H16N2O2S/c1-13-7-9-14(10-8-13)17-12-25-20-21-19(15-5-3-2-4-6-15)16(22(17)20)11-18(23)24/h2-10,12H,11H2,1H3,(H,23,24). The summed E-state index contributed by atoms with van der Waals surface area (Å²) in [6.07, 6.45) is -0.0685. The fourth-order valence-electron chi connectivity index (χ4n) is 2.97. The third-order valence-corrected chi connectivity index (χ3v) is 5.00. The summed E-state index contributed by atoms with van der Waals surface area (Å²) in [6.45, 7) is 2.05. The molecule has 0 aliphatic carbocycles. The highest BCUT2D eigenvalue weighted by Gasteiger charge is 2.20. The van der Waals surface area contributed by atoms with Gasteiger partial charge in [-0.3, -0.25) is 9.20 Å². The molecule has 2 heterocycles. The van der Waals surface area contributed by atoms with Crippen LogP contribution in [0.15, 0.2) is 60.0 Å². The number of hydrogen-bond donors (Lipinski definition) is 1. The molecule has 0 radical (unpaired) electrons. The van der Waals surface area contributed by atoms with Gasteiger partial charge in [0.15, 0.2) is 4.96 Å². The summed E-state index contributed by atoms with van der Waals surface area (Å²) < 4.78 is 1.98. The van der Waals surface area contributed by atoms with Crippen LogP contribution in [0.3, 0.4) is 0 Å². The van der Waals surface area contributed by atoms with Crippen molar-refractivity contribution in [2.75, 3.05) is 0 Å². The van der Waals surface area contributed by atoms with Crippen molar-refractivity contribution in [3.8, 4) is 22.5 Å². The van der Waals surface area contributed by atoms with Crippen molar-refractivity contribution in [2.24, 2.45) is 0 Å². The van der Waals surface area contributed by atoms with Crippen LogP contribution in [0.1, 0.15) is 11.3 Å². The van der Waals surface area contributed by atoms with Gasteiger partial charge in [0.05, 0.1) is 23.5 Å². The van der Waals surface area contributed by atoms with Gasteiger partial charge in [0.1, 0.15) is 0 Å². The summed E-state index contributed by atoms with van der Waals surface area (Å²) in [7, 11) is 0. The molecule has 4 rings (SSSR count). The molecule has 0 atom stereocenters. The number of aromatic nitrogens is 2. The lowest BCUT2D eigenvalue weighted by Gasteiger charge is -2.06. The van der Waals surface area contributed by atoms with Crippen molar-refractivity contribution < 1.29 is 9.90 Å². The van der Waals surface area contributed by atoms with Gasteiger partial charge in [-0.1, -0.05) is 60.2 Å². The molecule has 0 spiro atoms. The second-order valence-electron chi connectivity index (χ2n) is 5.95. The molecular weight excluding hydrogens is 332 g/mol. The van der Waals surface area contributed by atoms with Crippen LogP contribution in [0.2, 0.25) is 0 Å². The first-order valence-corrected chi connectivity index (χ1v) is 8.84. The summed E-state index contributed by atoms with van der Waals surface area (Å²) in [5.74, 6) is -0.861. The Hall–Kier alpha value is -2.92. The molecule has 124 valence electrons. The van der Waals surface area contributed by atoms with Gasteiger partial charge in [0, 0.05) is 10.9 Å². The van der Waals surface area contributed by atoms with Crippen LogP contribution in [0.25, 0.3) is 27.5 Å². The van der Waals surface area contributed by atoms with Gasteiger partial charge in [0.25, 0.3) is 0 Å². The van der Waals surface area contributed by atoms with Crippen LogP contribution in [0.5, 0.6) is 0 Å². The van der Waals surface area contributed by atoms with Crippen LogP contribution in [0.4, 0.5) is 0 Å². The molecule has 0 amide bonds. The molecule has 0 aliphatic heterocycles. The fraction of sp³-hybridized carbons (Fsp3) is 0.100. The molecule has 0 bridgehead atoms. The number of thiazole rings is 1. The van der Waals surface area contributed by atoms with E-state index in [9.17, 15) is 9.90 Å². The zero-order chi connectivity index (χ0) is 17.4. The third-order valence-electron chi connectivity index (χ3n) is 4.17. The maximum absolute atomic E-state index is 11.5. The van der Waals surface area contributed by atoms with Crippen molar-refractivity contribution in [1.29, 1.82) is 0 Å². The SMILES string of the molecule is Cc1ccc(-c2csc3nc(-c4ccccc4)c(CC(=O)O)n23)cc1. The molecule has 25 heavy (non-hydrogen) atoms. The first-order valence-electron chi connectivity index (χ1n) is 7.96. The molecule has 0 fully saturated rings. The Morgan fingerprint density at radius 3 is 2.48 bits per heavy atom. The topological polar surface area (TPSA) is 54.6 Å². The lowest BCUT2D eigenvalue weighted by molar-refractivity contribution is -0.136. The minimum absolute atomic E-state index is 0.0685. The molecule has 2 aromatic heterocycles. The predicted molar refractivity (Wildman–Crippen MR) is 100 cm³/mol. The third kappa shape index (κ3) is 2.83. The number of nitrogens with zero attached hydrogens (tertiary/aromatic N) is 2. The lowest BCUT2D eigenvalue weighted by atomic mass is 10.1. The van der Waals surface area contributed by atoms with E-state index in [4.69, 9.17) is 4.98 Å². The molecule has 1 N–H and O–H groups in total. The second kappa shape index (κ2) is 6.18. The monoisotopic (exact) mass is 348 g/mol. The van der Waals surface area contributed by atoms with Crippen LogP contribution in [-0.4, -0.2) is 20.5 Å². The van der Waals surface area contributed by atoms with Gasteiger partial charge in [-0.05, 0) is 12.5 Å². The first kappa shape index (κ1) is 15.6. The summed E-state index contributed by atoms with van der Waals surface area (Å²) >= 11 is 1.53. The Morgan fingerprint density at radius 1 is 1.08 bits per heavy atom. The van der Waals surface area contributed by atoms with Gasteiger partial charge < -0.3 is 5.11 Å². The quantitative estimate of drug-likeness (QED) is 0.583. The zero-order valence-electron chi connectivity index (χ0n) is 13.6. The van der Waals surface area contributed by atoms with E-state index in [-0.39, 0.29) is 6.42 Å². The molecule has 0 unspecified atom stereocenters. The Kier molecular flexibility index (Phi) is 3.86. The van der Waals surface area contributed by atoms with Gasteiger partial charge in [-0.2, -0.15) is 0 Å². The van der Waals surface area contributed by atoms with Crippen molar-refractivity contribution in [3.05, 3.63) is 71.2 Å². The normalized spacial score (nSPS) is 11.1. The molecule has 0 saturated carbocycles. The first-order chi connectivity index (χ1) is 12.1. The summed E-state index contributed by atoms with van der Waals surface area (Å²) in [5, 5.41) is 11.4. The molecule has 2 aromatic carbocycles. The van der Waals surface area contributed by atoms with E-state index < -0.39 is 5.97 Å². The van der Waals surface area contributed by atoms with Gasteiger partial charge >= 0.3 is 5.97 Å². The van der Waals surface area contributed by atoms with E-state index in [1.54, 1.807) is 0 Å². The van der Waals surface area contributed by atoms with Crippen LogP contribution >= 0.6 is 11.3 Å². The number of benzene rings is 2. The molecule has 4 aromatic rings. The Morgan fingerprint density at radius 2 is 1.80 bits per heavy atom. The van der Waals surface area contributed by atoms with E-state index >= 15 is 0 Å². The highest BCUT2D eigenvalue weighted by molar-refractivity contribution is 7.15. The summed E-state index contributed by atoms with van der Waals surface area (Å²) in [5.41, 5.74) is 5.61. The van der Waals surface area contributed by atoms with E-state index in [0.717, 1.165) is 27.5 Å².